The summed E-state index contributed by atoms with van der Waals surface area (Å²) in [5.41, 5.74) is 2.39. The normalized spacial score (nSPS) is 11.8. The molecule has 0 spiro atoms. The molecule has 0 fully saturated rings. The zero-order valence-corrected chi connectivity index (χ0v) is 16.5. The second-order valence-corrected chi connectivity index (χ2v) is 6.81. The van der Waals surface area contributed by atoms with Crippen LogP contribution in [0.4, 0.5) is 5.69 Å². The van der Waals surface area contributed by atoms with Gasteiger partial charge in [-0.3, -0.25) is 4.79 Å². The summed E-state index contributed by atoms with van der Waals surface area (Å²) >= 11 is 5.90. The Hall–Kier alpha value is -2.60. The van der Waals surface area contributed by atoms with Gasteiger partial charge in [0.15, 0.2) is 17.9 Å². The lowest BCUT2D eigenvalue weighted by Crippen LogP contribution is -2.31. The van der Waals surface area contributed by atoms with Crippen LogP contribution >= 0.6 is 11.6 Å². The summed E-state index contributed by atoms with van der Waals surface area (Å²) in [6, 6.07) is 9.10. The zero-order valence-electron chi connectivity index (χ0n) is 15.8. The molecular formula is C20H23ClN2O4. The highest BCUT2D eigenvalue weighted by molar-refractivity contribution is 6.32. The molecule has 1 aromatic heterocycles. The van der Waals surface area contributed by atoms with Crippen LogP contribution in [0.3, 0.4) is 0 Å². The Morgan fingerprint density at radius 2 is 1.96 bits per heavy atom. The summed E-state index contributed by atoms with van der Waals surface area (Å²) in [4.78, 5) is 28.1. The molecule has 0 bridgehead atoms. The molecule has 1 atom stereocenters. The summed E-state index contributed by atoms with van der Waals surface area (Å²) in [7, 11) is 0. The Kier molecular flexibility index (Phi) is 7.19. The number of ether oxygens (including phenoxy) is 2. The third-order valence-corrected chi connectivity index (χ3v) is 4.13. The van der Waals surface area contributed by atoms with Gasteiger partial charge in [0.25, 0.3) is 5.91 Å². The van der Waals surface area contributed by atoms with Crippen LogP contribution in [0.1, 0.15) is 37.8 Å². The zero-order chi connectivity index (χ0) is 20.0. The van der Waals surface area contributed by atoms with E-state index in [4.69, 9.17) is 21.1 Å². The summed E-state index contributed by atoms with van der Waals surface area (Å²) < 4.78 is 10.8. The topological polar surface area (TPSA) is 77.5 Å². The maximum absolute atomic E-state index is 12.1. The van der Waals surface area contributed by atoms with Crippen LogP contribution in [0.15, 0.2) is 36.5 Å². The van der Waals surface area contributed by atoms with Crippen molar-refractivity contribution >= 4 is 29.2 Å². The number of nitrogens with zero attached hydrogens (tertiary/aromatic N) is 1. The first-order valence-corrected chi connectivity index (χ1v) is 9.00. The number of carbonyl (C=O) groups is 2. The number of esters is 1. The van der Waals surface area contributed by atoms with Crippen molar-refractivity contribution in [3.05, 3.63) is 52.8 Å². The molecule has 0 aliphatic rings. The molecule has 144 valence electrons. The number of pyridine rings is 1. The lowest BCUT2D eigenvalue weighted by Gasteiger charge is -2.16. The Bertz CT molecular complexity index is 823. The molecule has 0 saturated heterocycles. The first-order valence-electron chi connectivity index (χ1n) is 8.62. The number of amides is 1. The van der Waals surface area contributed by atoms with Gasteiger partial charge in [-0.25, -0.2) is 9.78 Å². The summed E-state index contributed by atoms with van der Waals surface area (Å²) in [5, 5.41) is 2.73. The predicted octanol–water partition coefficient (Wildman–Crippen LogP) is 4.12. The van der Waals surface area contributed by atoms with Gasteiger partial charge in [-0.15, -0.1) is 0 Å². The van der Waals surface area contributed by atoms with E-state index in [0.717, 1.165) is 11.1 Å². The van der Waals surface area contributed by atoms with Crippen molar-refractivity contribution in [2.45, 2.75) is 39.7 Å². The van der Waals surface area contributed by atoms with Gasteiger partial charge in [0.1, 0.15) is 5.75 Å². The summed E-state index contributed by atoms with van der Waals surface area (Å²) in [6.45, 7) is 7.24. The molecule has 1 N–H and O–H groups in total. The molecule has 1 aromatic carbocycles. The van der Waals surface area contributed by atoms with E-state index < -0.39 is 18.0 Å². The largest absolute Gasteiger partial charge is 0.482 e. The second kappa shape index (κ2) is 9.37. The molecule has 1 unspecified atom stereocenters. The van der Waals surface area contributed by atoms with Gasteiger partial charge in [0, 0.05) is 6.20 Å². The molecule has 0 radical (unpaired) electrons. The van der Waals surface area contributed by atoms with E-state index in [1.165, 1.54) is 13.1 Å². The van der Waals surface area contributed by atoms with E-state index in [-0.39, 0.29) is 17.7 Å². The van der Waals surface area contributed by atoms with E-state index in [0.29, 0.717) is 11.4 Å². The Morgan fingerprint density at radius 3 is 2.63 bits per heavy atom. The molecule has 2 rings (SSSR count). The van der Waals surface area contributed by atoms with E-state index in [1.807, 2.05) is 39.0 Å². The van der Waals surface area contributed by atoms with Gasteiger partial charge < -0.3 is 14.8 Å². The maximum atomic E-state index is 12.1. The van der Waals surface area contributed by atoms with E-state index in [1.54, 1.807) is 12.1 Å². The number of nitrogens with one attached hydrogen (secondary N) is 1. The second-order valence-electron chi connectivity index (χ2n) is 6.45. The SMILES string of the molecule is Cc1ccc(C(C)C)c(OCC(=O)OC(C)C(=O)Nc2cccnc2Cl)c1. The third-order valence-electron chi connectivity index (χ3n) is 3.83. The number of carbonyl (C=O) groups excluding carboxylic acids is 2. The predicted molar refractivity (Wildman–Crippen MR) is 104 cm³/mol. The summed E-state index contributed by atoms with van der Waals surface area (Å²) in [5.74, 6) is -0.241. The van der Waals surface area contributed by atoms with Crippen molar-refractivity contribution < 1.29 is 19.1 Å². The number of anilines is 1. The van der Waals surface area contributed by atoms with Crippen LogP contribution in [0, 0.1) is 6.92 Å². The Balaban J connectivity index is 1.91. The molecule has 1 heterocycles. The van der Waals surface area contributed by atoms with Crippen molar-refractivity contribution in [3.63, 3.8) is 0 Å². The van der Waals surface area contributed by atoms with Crippen molar-refractivity contribution in [2.24, 2.45) is 0 Å². The molecular weight excluding hydrogens is 368 g/mol. The minimum atomic E-state index is -1.00. The standard InChI is InChI=1S/C20H23ClN2O4/c1-12(2)15-8-7-13(3)10-17(15)26-11-18(24)27-14(4)20(25)23-16-6-5-9-22-19(16)21/h5-10,12,14H,11H2,1-4H3,(H,23,25). The fraction of sp³-hybridized carbons (Fsp3) is 0.350. The first-order chi connectivity index (χ1) is 12.8. The number of halogens is 1. The number of rotatable bonds is 7. The Labute approximate surface area is 163 Å². The van der Waals surface area contributed by atoms with Crippen molar-refractivity contribution in [1.29, 1.82) is 0 Å². The highest BCUT2D eigenvalue weighted by atomic mass is 35.5. The van der Waals surface area contributed by atoms with Gasteiger partial charge in [0.2, 0.25) is 0 Å². The van der Waals surface area contributed by atoms with Crippen LogP contribution in [-0.4, -0.2) is 29.6 Å². The average molecular weight is 391 g/mol. The number of hydrogen-bond donors (Lipinski definition) is 1. The van der Waals surface area contributed by atoms with Crippen LogP contribution < -0.4 is 10.1 Å². The fourth-order valence-electron chi connectivity index (χ4n) is 2.38. The van der Waals surface area contributed by atoms with Gasteiger partial charge >= 0.3 is 5.97 Å². The number of aromatic nitrogens is 1. The average Bonchev–Trinajstić information content (AvgIpc) is 2.61. The number of benzene rings is 1. The Morgan fingerprint density at radius 1 is 1.22 bits per heavy atom. The van der Waals surface area contributed by atoms with Crippen LogP contribution in [-0.2, 0) is 14.3 Å². The number of aryl methyl sites for hydroxylation is 1. The van der Waals surface area contributed by atoms with Crippen molar-refractivity contribution in [1.82, 2.24) is 4.98 Å². The molecule has 0 saturated carbocycles. The lowest BCUT2D eigenvalue weighted by molar-refractivity contribution is -0.155. The van der Waals surface area contributed by atoms with Crippen LogP contribution in [0.2, 0.25) is 5.15 Å². The summed E-state index contributed by atoms with van der Waals surface area (Å²) in [6.07, 6.45) is 0.509. The molecule has 1 amide bonds. The van der Waals surface area contributed by atoms with Gasteiger partial charge in [-0.1, -0.05) is 37.6 Å². The molecule has 2 aromatic rings. The lowest BCUT2D eigenvalue weighted by atomic mass is 10.0. The van der Waals surface area contributed by atoms with Crippen LogP contribution in [0.5, 0.6) is 5.75 Å². The third kappa shape index (κ3) is 5.96. The van der Waals surface area contributed by atoms with Gasteiger partial charge in [0.05, 0.1) is 5.69 Å². The van der Waals surface area contributed by atoms with Gasteiger partial charge in [-0.05, 0) is 49.1 Å². The minimum Gasteiger partial charge on any atom is -0.482 e. The monoisotopic (exact) mass is 390 g/mol. The van der Waals surface area contributed by atoms with Crippen LogP contribution in [0.25, 0.3) is 0 Å². The molecule has 0 aliphatic carbocycles. The van der Waals surface area contributed by atoms with Crippen molar-refractivity contribution in [2.75, 3.05) is 11.9 Å². The highest BCUT2D eigenvalue weighted by Crippen LogP contribution is 2.27. The molecule has 0 aliphatic heterocycles. The van der Waals surface area contributed by atoms with E-state index >= 15 is 0 Å². The molecule has 6 nitrogen and oxygen atoms in total. The number of hydrogen-bond acceptors (Lipinski definition) is 5. The molecule has 7 heteroatoms. The fourth-order valence-corrected chi connectivity index (χ4v) is 2.55. The van der Waals surface area contributed by atoms with Crippen molar-refractivity contribution in [3.8, 4) is 5.75 Å². The maximum Gasteiger partial charge on any atom is 0.344 e. The quantitative estimate of drug-likeness (QED) is 0.568. The highest BCUT2D eigenvalue weighted by Gasteiger charge is 2.20. The molecule has 27 heavy (non-hydrogen) atoms. The van der Waals surface area contributed by atoms with Gasteiger partial charge in [-0.2, -0.15) is 0 Å². The van der Waals surface area contributed by atoms with E-state index in [9.17, 15) is 9.59 Å². The minimum absolute atomic E-state index is 0.161. The first kappa shape index (κ1) is 20.7. The van der Waals surface area contributed by atoms with E-state index in [2.05, 4.69) is 10.3 Å². The smallest absolute Gasteiger partial charge is 0.344 e.